The lowest BCUT2D eigenvalue weighted by Gasteiger charge is -2.38. The molecule has 0 spiro atoms. The first-order valence-electron chi connectivity index (χ1n) is 7.49. The maximum atomic E-state index is 12.3. The van der Waals surface area contributed by atoms with Crippen LogP contribution in [0.5, 0.6) is 0 Å². The first kappa shape index (κ1) is 18.2. The summed E-state index contributed by atoms with van der Waals surface area (Å²) in [5.41, 5.74) is -0.197. The summed E-state index contributed by atoms with van der Waals surface area (Å²) in [6.45, 7) is 11.3. The third-order valence-corrected chi connectivity index (χ3v) is 3.46. The van der Waals surface area contributed by atoms with Crippen molar-refractivity contribution in [2.45, 2.75) is 52.2 Å². The van der Waals surface area contributed by atoms with Gasteiger partial charge in [0, 0.05) is 6.54 Å². The Balaban J connectivity index is 2.90. The lowest BCUT2D eigenvalue weighted by molar-refractivity contribution is -0.151. The highest BCUT2D eigenvalue weighted by Crippen LogP contribution is 2.29. The van der Waals surface area contributed by atoms with Gasteiger partial charge in [-0.25, -0.2) is 9.59 Å². The van der Waals surface area contributed by atoms with Crippen LogP contribution in [0.4, 0.5) is 4.79 Å². The van der Waals surface area contributed by atoms with Crippen molar-refractivity contribution < 1.29 is 23.9 Å². The van der Waals surface area contributed by atoms with Crippen molar-refractivity contribution in [1.82, 2.24) is 4.90 Å². The Labute approximate surface area is 131 Å². The summed E-state index contributed by atoms with van der Waals surface area (Å²) in [5.74, 6) is -0.595. The minimum Gasteiger partial charge on any atom is -0.464 e. The van der Waals surface area contributed by atoms with Crippen LogP contribution in [0.15, 0.2) is 12.2 Å². The second-order valence-electron chi connectivity index (χ2n) is 6.36. The fourth-order valence-electron chi connectivity index (χ4n) is 2.40. The van der Waals surface area contributed by atoms with Crippen molar-refractivity contribution in [1.29, 1.82) is 0 Å². The van der Waals surface area contributed by atoms with E-state index >= 15 is 0 Å². The number of allylic oxidation sites excluding steroid dienone is 1. The number of rotatable bonds is 4. The minimum absolute atomic E-state index is 0.120. The molecule has 0 radical (unpaired) electrons. The van der Waals surface area contributed by atoms with Gasteiger partial charge in [0.25, 0.3) is 0 Å². The Morgan fingerprint density at radius 2 is 2.00 bits per heavy atom. The first-order chi connectivity index (χ1) is 10.2. The molecule has 1 amide bonds. The molecule has 1 aliphatic rings. The monoisotopic (exact) mass is 311 g/mol. The molecule has 1 aliphatic heterocycles. The van der Waals surface area contributed by atoms with Gasteiger partial charge in [-0.2, -0.15) is 0 Å². The smallest absolute Gasteiger partial charge is 0.411 e. The number of piperidine rings is 1. The maximum Gasteiger partial charge on any atom is 0.411 e. The van der Waals surface area contributed by atoms with Crippen molar-refractivity contribution in [3.05, 3.63) is 12.2 Å². The van der Waals surface area contributed by atoms with Gasteiger partial charge in [0.2, 0.25) is 0 Å². The molecular weight excluding hydrogens is 286 g/mol. The summed E-state index contributed by atoms with van der Waals surface area (Å²) in [5, 5.41) is 0. The van der Waals surface area contributed by atoms with Crippen LogP contribution in [0.1, 0.15) is 40.5 Å². The van der Waals surface area contributed by atoms with Gasteiger partial charge in [-0.05, 0) is 52.0 Å². The number of carbonyl (C=O) groups is 3. The minimum atomic E-state index is -0.745. The van der Waals surface area contributed by atoms with Crippen LogP contribution in [0, 0.1) is 5.92 Å². The number of hydrogen-bond acceptors (Lipinski definition) is 5. The van der Waals surface area contributed by atoms with Gasteiger partial charge in [0.1, 0.15) is 17.9 Å². The largest absolute Gasteiger partial charge is 0.464 e. The molecule has 6 heteroatoms. The van der Waals surface area contributed by atoms with E-state index in [4.69, 9.17) is 9.47 Å². The van der Waals surface area contributed by atoms with Gasteiger partial charge < -0.3 is 9.47 Å². The number of hydrogen-bond donors (Lipinski definition) is 0. The van der Waals surface area contributed by atoms with E-state index in [-0.39, 0.29) is 12.5 Å². The molecule has 0 aliphatic carbocycles. The van der Waals surface area contributed by atoms with Crippen molar-refractivity contribution in [2.24, 2.45) is 5.92 Å². The fraction of sp³-hybridized carbons (Fsp3) is 0.688. The van der Waals surface area contributed by atoms with Gasteiger partial charge in [0.05, 0.1) is 6.61 Å². The van der Waals surface area contributed by atoms with E-state index in [2.05, 4.69) is 6.58 Å². The van der Waals surface area contributed by atoms with Crippen molar-refractivity contribution in [3.8, 4) is 0 Å². The first-order valence-corrected chi connectivity index (χ1v) is 7.49. The molecule has 124 valence electrons. The van der Waals surface area contributed by atoms with E-state index < -0.39 is 23.7 Å². The molecule has 0 aromatic rings. The zero-order valence-corrected chi connectivity index (χ0v) is 13.8. The lowest BCUT2D eigenvalue weighted by Crippen LogP contribution is -2.52. The highest BCUT2D eigenvalue weighted by Gasteiger charge is 2.39. The average Bonchev–Trinajstić information content (AvgIpc) is 2.44. The molecule has 0 aromatic carbocycles. The zero-order chi connectivity index (χ0) is 16.9. The van der Waals surface area contributed by atoms with E-state index in [0.29, 0.717) is 31.2 Å². The van der Waals surface area contributed by atoms with Crippen LogP contribution >= 0.6 is 0 Å². The van der Waals surface area contributed by atoms with Gasteiger partial charge in [-0.15, -0.1) is 0 Å². The SMILES string of the molecule is C=C(C=O)C1CCN(C(=O)OC(C)(C)C)C(C(=O)OCC)C1. The maximum absolute atomic E-state index is 12.3. The predicted molar refractivity (Wildman–Crippen MR) is 81.3 cm³/mol. The summed E-state index contributed by atoms with van der Waals surface area (Å²) in [7, 11) is 0. The Kier molecular flexibility index (Phi) is 6.14. The predicted octanol–water partition coefficient (Wildman–Crippen LogP) is 2.32. The molecular formula is C16H25NO5. The van der Waals surface area contributed by atoms with Crippen LogP contribution < -0.4 is 0 Å². The molecule has 2 atom stereocenters. The standard InChI is InChI=1S/C16H25NO5/c1-6-21-14(19)13-9-12(11(2)10-18)7-8-17(13)15(20)22-16(3,4)5/h10,12-13H,2,6-9H2,1,3-5H3. The van der Waals surface area contributed by atoms with Gasteiger partial charge in [0.15, 0.2) is 0 Å². The molecule has 2 unspecified atom stereocenters. The Morgan fingerprint density at radius 1 is 1.36 bits per heavy atom. The van der Waals surface area contributed by atoms with Crippen LogP contribution in [0.25, 0.3) is 0 Å². The van der Waals surface area contributed by atoms with Gasteiger partial charge in [-0.3, -0.25) is 9.69 Å². The number of amides is 1. The van der Waals surface area contributed by atoms with Crippen molar-refractivity contribution in [2.75, 3.05) is 13.2 Å². The third-order valence-electron chi connectivity index (χ3n) is 3.46. The molecule has 0 N–H and O–H groups in total. The van der Waals surface area contributed by atoms with Crippen LogP contribution in [0.3, 0.4) is 0 Å². The molecule has 1 rings (SSSR count). The summed E-state index contributed by atoms with van der Waals surface area (Å²) in [4.78, 5) is 36.7. The lowest BCUT2D eigenvalue weighted by atomic mass is 9.86. The highest BCUT2D eigenvalue weighted by atomic mass is 16.6. The van der Waals surface area contributed by atoms with Crippen LogP contribution in [-0.2, 0) is 19.1 Å². The quantitative estimate of drug-likeness (QED) is 0.452. The molecule has 1 fully saturated rings. The zero-order valence-electron chi connectivity index (χ0n) is 13.8. The Hall–Kier alpha value is -1.85. The summed E-state index contributed by atoms with van der Waals surface area (Å²) in [6, 6.07) is -0.745. The molecule has 1 saturated heterocycles. The van der Waals surface area contributed by atoms with E-state index in [0.717, 1.165) is 0 Å². The van der Waals surface area contributed by atoms with Crippen molar-refractivity contribution >= 4 is 18.3 Å². The Morgan fingerprint density at radius 3 is 2.50 bits per heavy atom. The van der Waals surface area contributed by atoms with Crippen LogP contribution in [0.2, 0.25) is 0 Å². The van der Waals surface area contributed by atoms with E-state index in [1.54, 1.807) is 27.7 Å². The number of ether oxygens (including phenoxy) is 2. The summed E-state index contributed by atoms with van der Waals surface area (Å²) >= 11 is 0. The molecule has 0 bridgehead atoms. The molecule has 0 aromatic heterocycles. The number of carbonyl (C=O) groups excluding carboxylic acids is 3. The Bertz CT molecular complexity index is 452. The van der Waals surface area contributed by atoms with Crippen LogP contribution in [-0.4, -0.2) is 48.0 Å². The molecule has 1 heterocycles. The van der Waals surface area contributed by atoms with Gasteiger partial charge in [-0.1, -0.05) is 6.58 Å². The molecule has 0 saturated carbocycles. The van der Waals surface area contributed by atoms with Gasteiger partial charge >= 0.3 is 12.1 Å². The van der Waals surface area contributed by atoms with E-state index in [1.165, 1.54) is 4.90 Å². The average molecular weight is 311 g/mol. The highest BCUT2D eigenvalue weighted by molar-refractivity contribution is 5.82. The number of nitrogens with zero attached hydrogens (tertiary/aromatic N) is 1. The second-order valence-corrected chi connectivity index (χ2v) is 6.36. The second kappa shape index (κ2) is 7.42. The van der Waals surface area contributed by atoms with E-state index in [1.807, 2.05) is 0 Å². The number of aldehydes is 1. The number of likely N-dealkylation sites (tertiary alicyclic amines) is 1. The molecule has 6 nitrogen and oxygen atoms in total. The third kappa shape index (κ3) is 4.86. The number of esters is 1. The summed E-state index contributed by atoms with van der Waals surface area (Å²) in [6.07, 6.45) is 1.07. The van der Waals surface area contributed by atoms with E-state index in [9.17, 15) is 14.4 Å². The topological polar surface area (TPSA) is 72.9 Å². The summed E-state index contributed by atoms with van der Waals surface area (Å²) < 4.78 is 10.4. The fourth-order valence-corrected chi connectivity index (χ4v) is 2.40. The van der Waals surface area contributed by atoms with Crippen molar-refractivity contribution in [3.63, 3.8) is 0 Å². The molecule has 22 heavy (non-hydrogen) atoms. The normalized spacial score (nSPS) is 21.9.